The topological polar surface area (TPSA) is 135 Å². The number of carboxylic acid groups (broad SMARTS) is 2. The van der Waals surface area contributed by atoms with Crippen LogP contribution >= 0.6 is 0 Å². The van der Waals surface area contributed by atoms with Crippen LogP contribution in [-0.4, -0.2) is 41.0 Å². The van der Waals surface area contributed by atoms with Gasteiger partial charge in [0.25, 0.3) is 0 Å². The summed E-state index contributed by atoms with van der Waals surface area (Å²) < 4.78 is 0. The number of benzene rings is 1. The fourth-order valence-electron chi connectivity index (χ4n) is 1.10. The summed E-state index contributed by atoms with van der Waals surface area (Å²) in [5.41, 5.74) is 0.335. The van der Waals surface area contributed by atoms with Crippen LogP contribution < -0.4 is 0 Å². The number of carboxylic acids is 2. The van der Waals surface area contributed by atoms with Crippen LogP contribution in [0.2, 0.25) is 6.32 Å². The van der Waals surface area contributed by atoms with Gasteiger partial charge in [0.05, 0.1) is 11.1 Å². The second-order valence-corrected chi connectivity index (χ2v) is 3.38. The summed E-state index contributed by atoms with van der Waals surface area (Å²) in [6.45, 7) is 3.53. The molecule has 0 spiro atoms. The summed E-state index contributed by atoms with van der Waals surface area (Å²) >= 11 is 0. The molecule has 19 heavy (non-hydrogen) atoms. The van der Waals surface area contributed by atoms with E-state index in [0.717, 1.165) is 12.7 Å². The Morgan fingerprint density at radius 3 is 1.63 bits per heavy atom. The maximum atomic E-state index is 10.6. The average molecular weight is 268 g/mol. The average Bonchev–Trinajstić information content (AvgIpc) is 2.29. The van der Waals surface area contributed by atoms with E-state index < -0.39 is 11.9 Å². The van der Waals surface area contributed by atoms with Crippen LogP contribution in [0, 0.1) is 6.92 Å². The minimum absolute atomic E-state index is 0. The maximum Gasteiger partial charge on any atom is -0.870 e. The number of carbonyl (C=O) groups is 2. The van der Waals surface area contributed by atoms with E-state index in [1.807, 2.05) is 0 Å². The van der Waals surface area contributed by atoms with Gasteiger partial charge in [-0.2, -0.15) is 0 Å². The molecule has 0 saturated carbocycles. The van der Waals surface area contributed by atoms with Crippen molar-refractivity contribution in [1.82, 2.24) is 0 Å². The van der Waals surface area contributed by atoms with Crippen LogP contribution in [0.3, 0.4) is 0 Å². The van der Waals surface area contributed by atoms with E-state index in [4.69, 9.17) is 18.1 Å². The van der Waals surface area contributed by atoms with E-state index in [0.29, 0.717) is 0 Å². The number of aromatic carboxylic acids is 2. The Balaban J connectivity index is -0.000000379. The molecule has 0 aromatic heterocycles. The monoisotopic (exact) mass is 268 g/mol. The fourth-order valence-corrected chi connectivity index (χ4v) is 1.10. The second kappa shape index (κ2) is 11.2. The summed E-state index contributed by atoms with van der Waals surface area (Å²) in [5.74, 6) is -2.22. The van der Waals surface area contributed by atoms with Crippen molar-refractivity contribution in [2.45, 2.75) is 26.6 Å². The van der Waals surface area contributed by atoms with Gasteiger partial charge in [0.15, 0.2) is 0 Å². The number of hydrogen-bond acceptors (Lipinski definition) is 4. The third-order valence-electron chi connectivity index (χ3n) is 2.08. The third-order valence-corrected chi connectivity index (χ3v) is 2.08. The molecule has 0 atom stereocenters. The molecule has 0 aliphatic heterocycles. The number of hydrogen-bond donors (Lipinski definition) is 2. The first-order chi connectivity index (χ1) is 7.95. The van der Waals surface area contributed by atoms with Crippen molar-refractivity contribution in [2.75, 3.05) is 0 Å². The van der Waals surface area contributed by atoms with E-state index in [9.17, 15) is 9.59 Å². The molecule has 104 valence electrons. The minimum atomic E-state index is -1.11. The van der Waals surface area contributed by atoms with Crippen LogP contribution in [0.15, 0.2) is 18.2 Å². The Morgan fingerprint density at radius 1 is 1.11 bits per heavy atom. The Kier molecular flexibility index (Phi) is 13.2. The van der Waals surface area contributed by atoms with E-state index in [1.54, 1.807) is 0 Å². The van der Waals surface area contributed by atoms with E-state index in [2.05, 4.69) is 6.92 Å². The molecule has 0 radical (unpaired) electrons. The van der Waals surface area contributed by atoms with Crippen molar-refractivity contribution in [3.63, 3.8) is 0 Å². The van der Waals surface area contributed by atoms with Gasteiger partial charge in [-0.3, -0.25) is 0 Å². The van der Waals surface area contributed by atoms with Crippen molar-refractivity contribution in [2.24, 2.45) is 0 Å². The molecule has 7 heteroatoms. The summed E-state index contributed by atoms with van der Waals surface area (Å²) in [6, 6.07) is 4.17. The molecule has 0 aliphatic rings. The predicted molar refractivity (Wildman–Crippen MR) is 69.8 cm³/mol. The third kappa shape index (κ3) is 7.22. The Labute approximate surface area is 113 Å². The van der Waals surface area contributed by atoms with Crippen LogP contribution in [0.25, 0.3) is 0 Å². The van der Waals surface area contributed by atoms with Gasteiger partial charge in [-0.25, -0.2) is 9.59 Å². The van der Waals surface area contributed by atoms with Crippen molar-refractivity contribution in [3.8, 4) is 0 Å². The molecular formula is C12H17BO6. The van der Waals surface area contributed by atoms with Gasteiger partial charge in [-0.15, -0.1) is 0 Å². The maximum absolute atomic E-state index is 10.6. The van der Waals surface area contributed by atoms with Gasteiger partial charge < -0.3 is 21.2 Å². The summed E-state index contributed by atoms with van der Waals surface area (Å²) in [4.78, 5) is 21.2. The molecule has 4 N–H and O–H groups in total. The van der Waals surface area contributed by atoms with Gasteiger partial charge >= 0.3 is 39.4 Å². The molecule has 0 bridgehead atoms. The molecule has 0 saturated heterocycles. The molecule has 0 amide bonds. The zero-order chi connectivity index (χ0) is 13.4. The Bertz CT molecular complexity index is 371. The van der Waals surface area contributed by atoms with Gasteiger partial charge in [0.2, 0.25) is 0 Å². The van der Waals surface area contributed by atoms with Gasteiger partial charge in [-0.1, -0.05) is 6.07 Å². The van der Waals surface area contributed by atoms with Crippen LogP contribution in [0.5, 0.6) is 0 Å². The summed E-state index contributed by atoms with van der Waals surface area (Å²) in [6.07, 6.45) is 1.92. The minimum Gasteiger partial charge on any atom is -0.870 e. The normalized spacial score (nSPS) is 8.21. The Hall–Kier alpha value is -1.86. The molecule has 0 aliphatic carbocycles. The molecule has 0 unspecified atom stereocenters. The first-order valence-corrected chi connectivity index (χ1v) is 5.21. The first kappa shape index (κ1) is 22.3. The van der Waals surface area contributed by atoms with E-state index in [-0.39, 0.29) is 27.6 Å². The SMILES string of the molecule is Cc1c(C(=O)O)cccc1C(=O)O.[B+2]CCC.[OH-].[OH-]. The molecule has 1 aromatic rings. The van der Waals surface area contributed by atoms with Gasteiger partial charge in [0.1, 0.15) is 0 Å². The van der Waals surface area contributed by atoms with Gasteiger partial charge in [0, 0.05) is 0 Å². The second-order valence-electron chi connectivity index (χ2n) is 3.38. The fraction of sp³-hybridized carbons (Fsp3) is 0.333. The smallest absolute Gasteiger partial charge is 0.870 e. The number of rotatable bonds is 3. The molecule has 1 aromatic carbocycles. The molecule has 1 rings (SSSR count). The van der Waals surface area contributed by atoms with Crippen molar-refractivity contribution in [1.29, 1.82) is 0 Å². The van der Waals surface area contributed by atoms with Gasteiger partial charge in [-0.05, 0) is 24.6 Å². The Morgan fingerprint density at radius 2 is 1.42 bits per heavy atom. The molecule has 6 nitrogen and oxygen atoms in total. The molecule has 0 heterocycles. The zero-order valence-corrected chi connectivity index (χ0v) is 10.8. The van der Waals surface area contributed by atoms with E-state index in [1.165, 1.54) is 25.1 Å². The first-order valence-electron chi connectivity index (χ1n) is 5.21. The van der Waals surface area contributed by atoms with Crippen molar-refractivity contribution >= 4 is 19.8 Å². The van der Waals surface area contributed by atoms with Crippen LogP contribution in [0.4, 0.5) is 0 Å². The summed E-state index contributed by atoms with van der Waals surface area (Å²) in [5, 5.41) is 17.4. The largest absolute Gasteiger partial charge is 0.870 e. The molecule has 0 fully saturated rings. The summed E-state index contributed by atoms with van der Waals surface area (Å²) in [7, 11) is 5.03. The van der Waals surface area contributed by atoms with Crippen molar-refractivity contribution < 1.29 is 30.8 Å². The van der Waals surface area contributed by atoms with Crippen LogP contribution in [0.1, 0.15) is 39.6 Å². The molecular weight excluding hydrogens is 251 g/mol. The van der Waals surface area contributed by atoms with Crippen molar-refractivity contribution in [3.05, 3.63) is 34.9 Å². The zero-order valence-electron chi connectivity index (χ0n) is 10.8. The predicted octanol–water partition coefficient (Wildman–Crippen LogP) is 2.02. The van der Waals surface area contributed by atoms with E-state index >= 15 is 0 Å². The standard InChI is InChI=1S/C9H8O4.C3H7B.2H2O/c1-5-6(8(10)11)3-2-4-7(5)9(12)13;1-2-3-4;;/h2-4H,1H3,(H,10,11)(H,12,13);2-3H2,1H3;2*1H2/q;+2;;/p-2. The quantitative estimate of drug-likeness (QED) is 0.805. The van der Waals surface area contributed by atoms with Crippen LogP contribution in [-0.2, 0) is 0 Å².